The first-order valence-corrected chi connectivity index (χ1v) is 11.7. The second kappa shape index (κ2) is 11.1. The summed E-state index contributed by atoms with van der Waals surface area (Å²) < 4.78 is 6.89. The van der Waals surface area contributed by atoms with Crippen molar-refractivity contribution >= 4 is 34.2 Å². The van der Waals surface area contributed by atoms with Gasteiger partial charge >= 0.3 is 0 Å². The van der Waals surface area contributed by atoms with E-state index in [9.17, 15) is 9.59 Å². The molecule has 0 saturated heterocycles. The van der Waals surface area contributed by atoms with Crippen LogP contribution in [0.1, 0.15) is 12.5 Å². The van der Waals surface area contributed by atoms with E-state index in [4.69, 9.17) is 16.3 Å². The minimum Gasteiger partial charge on any atom is -0.497 e. The number of hydrogen-bond acceptors (Lipinski definition) is 5. The summed E-state index contributed by atoms with van der Waals surface area (Å²) in [6.07, 6.45) is 0.808. The van der Waals surface area contributed by atoms with Crippen LogP contribution in [0.15, 0.2) is 71.5 Å². The number of amides is 1. The summed E-state index contributed by atoms with van der Waals surface area (Å²) in [4.78, 5) is 29.6. The average molecular weight is 491 g/mol. The molecule has 0 aliphatic rings. The van der Waals surface area contributed by atoms with Gasteiger partial charge in [-0.2, -0.15) is 0 Å². The number of ether oxygens (including phenoxy) is 1. The first kappa shape index (κ1) is 24.3. The van der Waals surface area contributed by atoms with Crippen LogP contribution < -0.4 is 20.9 Å². The highest BCUT2D eigenvalue weighted by atomic mass is 35.5. The van der Waals surface area contributed by atoms with E-state index in [2.05, 4.69) is 15.6 Å². The van der Waals surface area contributed by atoms with Crippen molar-refractivity contribution in [3.63, 3.8) is 0 Å². The molecule has 180 valence electrons. The molecule has 0 aliphatic heterocycles. The lowest BCUT2D eigenvalue weighted by Crippen LogP contribution is -2.31. The molecule has 0 spiro atoms. The van der Waals surface area contributed by atoms with Gasteiger partial charge in [0.25, 0.3) is 5.56 Å². The van der Waals surface area contributed by atoms with Crippen LogP contribution in [-0.2, 0) is 17.8 Å². The molecule has 0 radical (unpaired) electrons. The van der Waals surface area contributed by atoms with Gasteiger partial charge in [0.05, 0.1) is 18.1 Å². The van der Waals surface area contributed by atoms with Gasteiger partial charge in [-0.25, -0.2) is 4.98 Å². The molecule has 0 fully saturated rings. The van der Waals surface area contributed by atoms with E-state index in [0.717, 1.165) is 22.7 Å². The fourth-order valence-electron chi connectivity index (χ4n) is 3.90. The number of aromatic nitrogens is 2. The number of benzene rings is 3. The van der Waals surface area contributed by atoms with Gasteiger partial charge in [-0.1, -0.05) is 23.7 Å². The molecule has 0 aliphatic carbocycles. The molecule has 1 amide bonds. The van der Waals surface area contributed by atoms with Gasteiger partial charge in [-0.05, 0) is 66.6 Å². The van der Waals surface area contributed by atoms with Gasteiger partial charge < -0.3 is 19.9 Å². The number of carbonyl (C=O) groups is 1. The molecule has 0 atom stereocenters. The molecular formula is C27H27ClN4O3. The topological polar surface area (TPSA) is 85.2 Å². The third-order valence-electron chi connectivity index (χ3n) is 5.65. The quantitative estimate of drug-likeness (QED) is 0.360. The molecule has 7 nitrogen and oxygen atoms in total. The van der Waals surface area contributed by atoms with Gasteiger partial charge in [0.1, 0.15) is 11.4 Å². The zero-order chi connectivity index (χ0) is 24.8. The van der Waals surface area contributed by atoms with E-state index in [0.29, 0.717) is 47.7 Å². The summed E-state index contributed by atoms with van der Waals surface area (Å²) in [6.45, 7) is 2.83. The summed E-state index contributed by atoms with van der Waals surface area (Å²) in [5.41, 5.74) is 4.25. The molecule has 1 heterocycles. The van der Waals surface area contributed by atoms with Crippen LogP contribution in [0.4, 0.5) is 5.69 Å². The maximum Gasteiger partial charge on any atom is 0.277 e. The molecule has 4 aromatic rings. The zero-order valence-electron chi connectivity index (χ0n) is 19.7. The smallest absolute Gasteiger partial charge is 0.277 e. The fraction of sp³-hybridized carbons (Fsp3) is 0.222. The van der Waals surface area contributed by atoms with Gasteiger partial charge in [0.2, 0.25) is 5.91 Å². The van der Waals surface area contributed by atoms with Gasteiger partial charge in [0.15, 0.2) is 0 Å². The van der Waals surface area contributed by atoms with Crippen LogP contribution in [0, 0.1) is 0 Å². The number of hydrogen-bond donors (Lipinski definition) is 2. The minimum absolute atomic E-state index is 0.143. The van der Waals surface area contributed by atoms with Gasteiger partial charge in [-0.3, -0.25) is 9.59 Å². The Balaban J connectivity index is 1.66. The summed E-state index contributed by atoms with van der Waals surface area (Å²) >= 11 is 6.08. The largest absolute Gasteiger partial charge is 0.497 e. The van der Waals surface area contributed by atoms with Crippen LogP contribution in [-0.4, -0.2) is 35.7 Å². The highest BCUT2D eigenvalue weighted by molar-refractivity contribution is 6.30. The monoisotopic (exact) mass is 490 g/mol. The van der Waals surface area contributed by atoms with Crippen LogP contribution in [0.3, 0.4) is 0 Å². The van der Waals surface area contributed by atoms with Crippen molar-refractivity contribution in [1.82, 2.24) is 14.9 Å². The Labute approximate surface area is 208 Å². The molecule has 8 heteroatoms. The van der Waals surface area contributed by atoms with Gasteiger partial charge in [-0.15, -0.1) is 0 Å². The molecule has 3 aromatic carbocycles. The summed E-state index contributed by atoms with van der Waals surface area (Å²) in [6, 6.07) is 20.8. The van der Waals surface area contributed by atoms with Crippen molar-refractivity contribution in [3.05, 3.63) is 87.7 Å². The van der Waals surface area contributed by atoms with Crippen molar-refractivity contribution in [2.75, 3.05) is 25.5 Å². The lowest BCUT2D eigenvalue weighted by molar-refractivity contribution is -0.118. The summed E-state index contributed by atoms with van der Waals surface area (Å²) in [5, 5.41) is 6.90. The van der Waals surface area contributed by atoms with E-state index < -0.39 is 0 Å². The van der Waals surface area contributed by atoms with Crippen molar-refractivity contribution < 1.29 is 9.53 Å². The van der Waals surface area contributed by atoms with Crippen LogP contribution in [0.2, 0.25) is 5.02 Å². The van der Waals surface area contributed by atoms with Gasteiger partial charge in [0, 0.05) is 42.8 Å². The van der Waals surface area contributed by atoms with Crippen LogP contribution in [0.5, 0.6) is 5.75 Å². The zero-order valence-corrected chi connectivity index (χ0v) is 20.4. The van der Waals surface area contributed by atoms with Crippen molar-refractivity contribution in [2.45, 2.75) is 19.9 Å². The average Bonchev–Trinajstić information content (AvgIpc) is 2.85. The van der Waals surface area contributed by atoms with E-state index in [1.54, 1.807) is 23.8 Å². The number of nitrogens with zero attached hydrogens (tertiary/aromatic N) is 2. The lowest BCUT2D eigenvalue weighted by atomic mass is 10.1. The Bertz CT molecular complexity index is 1400. The Morgan fingerprint density at radius 3 is 2.57 bits per heavy atom. The first-order valence-electron chi connectivity index (χ1n) is 11.4. The Kier molecular flexibility index (Phi) is 7.67. The van der Waals surface area contributed by atoms with Crippen LogP contribution >= 0.6 is 11.6 Å². The Hall–Kier alpha value is -3.84. The minimum atomic E-state index is -0.218. The lowest BCUT2D eigenvalue weighted by Gasteiger charge is -2.15. The predicted octanol–water partition coefficient (Wildman–Crippen LogP) is 4.52. The molecule has 2 N–H and O–H groups in total. The third-order valence-corrected chi connectivity index (χ3v) is 5.89. The maximum absolute atomic E-state index is 13.5. The molecule has 0 saturated carbocycles. The van der Waals surface area contributed by atoms with E-state index in [1.807, 2.05) is 54.6 Å². The van der Waals surface area contributed by atoms with E-state index in [-0.39, 0.29) is 11.5 Å². The molecule has 4 rings (SSSR count). The summed E-state index contributed by atoms with van der Waals surface area (Å²) in [7, 11) is 1.60. The highest BCUT2D eigenvalue weighted by Gasteiger charge is 2.14. The number of methoxy groups -OCH3 is 1. The predicted molar refractivity (Wildman–Crippen MR) is 140 cm³/mol. The first-order chi connectivity index (χ1) is 16.9. The molecular weight excluding hydrogens is 464 g/mol. The second-order valence-electron chi connectivity index (χ2n) is 8.14. The molecule has 1 aromatic heterocycles. The number of anilines is 1. The normalized spacial score (nSPS) is 10.8. The Morgan fingerprint density at radius 1 is 1.06 bits per heavy atom. The molecule has 0 bridgehead atoms. The standard InChI is InChI=1S/C27H27ClN4O3/c1-18(33)29-14-15-32-25-17-22(30-13-12-19-4-3-5-21(28)16-19)8-11-24(25)31-26(27(32)34)20-6-9-23(35-2)10-7-20/h3-11,16-17,30H,12-15H2,1-2H3,(H,29,33). The van der Waals surface area contributed by atoms with Crippen molar-refractivity contribution in [1.29, 1.82) is 0 Å². The SMILES string of the molecule is COc1ccc(-c2nc3ccc(NCCc4cccc(Cl)c4)cc3n(CCNC(C)=O)c2=O)cc1. The number of fused-ring (bicyclic) bond motifs is 1. The molecule has 35 heavy (non-hydrogen) atoms. The van der Waals surface area contributed by atoms with Crippen molar-refractivity contribution in [3.8, 4) is 17.0 Å². The third kappa shape index (κ3) is 6.00. The molecule has 0 unspecified atom stereocenters. The second-order valence-corrected chi connectivity index (χ2v) is 8.58. The van der Waals surface area contributed by atoms with Crippen molar-refractivity contribution in [2.24, 2.45) is 0 Å². The fourth-order valence-corrected chi connectivity index (χ4v) is 4.11. The van der Waals surface area contributed by atoms with E-state index in [1.165, 1.54) is 6.92 Å². The number of carbonyl (C=O) groups excluding carboxylic acids is 1. The van der Waals surface area contributed by atoms with Crippen LogP contribution in [0.25, 0.3) is 22.3 Å². The van der Waals surface area contributed by atoms with E-state index >= 15 is 0 Å². The Morgan fingerprint density at radius 2 is 1.86 bits per heavy atom. The summed E-state index contributed by atoms with van der Waals surface area (Å²) in [5.74, 6) is 0.559. The number of nitrogens with one attached hydrogen (secondary N) is 2. The number of rotatable bonds is 9. The number of halogens is 1. The highest BCUT2D eigenvalue weighted by Crippen LogP contribution is 2.23. The maximum atomic E-state index is 13.5.